The summed E-state index contributed by atoms with van der Waals surface area (Å²) >= 11 is 6.97. The SMILES string of the molecule is CCOC(Oc1ccccc1)C(Cl)(CC(C)C)CC(C)C.N. The van der Waals surface area contributed by atoms with Gasteiger partial charge in [0.25, 0.3) is 0 Å². The molecule has 0 saturated carbocycles. The number of halogens is 1. The summed E-state index contributed by atoms with van der Waals surface area (Å²) in [7, 11) is 0. The van der Waals surface area contributed by atoms with Gasteiger partial charge in [0, 0.05) is 6.61 Å². The van der Waals surface area contributed by atoms with Crippen LogP contribution in [-0.4, -0.2) is 17.8 Å². The van der Waals surface area contributed by atoms with Crippen LogP contribution >= 0.6 is 11.6 Å². The van der Waals surface area contributed by atoms with Crippen molar-refractivity contribution < 1.29 is 9.47 Å². The van der Waals surface area contributed by atoms with Crippen LogP contribution in [0.25, 0.3) is 0 Å². The van der Waals surface area contributed by atoms with E-state index in [9.17, 15) is 0 Å². The molecule has 4 heteroatoms. The van der Waals surface area contributed by atoms with Crippen molar-refractivity contribution in [1.29, 1.82) is 0 Å². The maximum Gasteiger partial charge on any atom is 0.219 e. The lowest BCUT2D eigenvalue weighted by Crippen LogP contribution is -2.45. The molecule has 22 heavy (non-hydrogen) atoms. The molecule has 1 atom stereocenters. The second-order valence-corrected chi connectivity index (χ2v) is 7.20. The molecule has 0 aliphatic rings. The van der Waals surface area contributed by atoms with Gasteiger partial charge in [-0.3, -0.25) is 0 Å². The lowest BCUT2D eigenvalue weighted by molar-refractivity contribution is -0.109. The average Bonchev–Trinajstić information content (AvgIpc) is 2.37. The third-order valence-electron chi connectivity index (χ3n) is 3.22. The molecule has 1 rings (SSSR count). The van der Waals surface area contributed by atoms with E-state index in [2.05, 4.69) is 27.7 Å². The molecule has 0 fully saturated rings. The molecule has 1 aromatic carbocycles. The van der Waals surface area contributed by atoms with Crippen LogP contribution in [0, 0.1) is 11.8 Å². The summed E-state index contributed by atoms with van der Waals surface area (Å²) in [6.45, 7) is 11.3. The first-order chi connectivity index (χ1) is 9.87. The van der Waals surface area contributed by atoms with E-state index < -0.39 is 11.2 Å². The minimum Gasteiger partial charge on any atom is -0.463 e. The van der Waals surface area contributed by atoms with Gasteiger partial charge in [0.15, 0.2) is 0 Å². The summed E-state index contributed by atoms with van der Waals surface area (Å²) in [5.74, 6) is 1.78. The summed E-state index contributed by atoms with van der Waals surface area (Å²) in [6.07, 6.45) is 1.30. The normalized spacial score (nSPS) is 13.1. The highest BCUT2D eigenvalue weighted by molar-refractivity contribution is 6.24. The number of hydrogen-bond donors (Lipinski definition) is 1. The van der Waals surface area contributed by atoms with Crippen molar-refractivity contribution in [2.24, 2.45) is 11.8 Å². The third-order valence-corrected chi connectivity index (χ3v) is 3.71. The Labute approximate surface area is 140 Å². The van der Waals surface area contributed by atoms with E-state index in [0.29, 0.717) is 18.4 Å². The number of benzene rings is 1. The highest BCUT2D eigenvalue weighted by Crippen LogP contribution is 2.37. The second-order valence-electron chi connectivity index (χ2n) is 6.45. The highest BCUT2D eigenvalue weighted by Gasteiger charge is 2.40. The molecule has 0 aliphatic heterocycles. The van der Waals surface area contributed by atoms with Gasteiger partial charge in [0.05, 0.1) is 0 Å². The van der Waals surface area contributed by atoms with E-state index in [-0.39, 0.29) is 6.15 Å². The minimum absolute atomic E-state index is 0. The van der Waals surface area contributed by atoms with Crippen molar-refractivity contribution in [3.8, 4) is 5.75 Å². The predicted octanol–water partition coefficient (Wildman–Crippen LogP) is 5.66. The zero-order valence-electron chi connectivity index (χ0n) is 14.6. The summed E-state index contributed by atoms with van der Waals surface area (Å²) in [5.41, 5.74) is 0. The summed E-state index contributed by atoms with van der Waals surface area (Å²) < 4.78 is 11.9. The molecule has 0 bridgehead atoms. The fourth-order valence-corrected chi connectivity index (χ4v) is 3.42. The van der Waals surface area contributed by atoms with E-state index in [1.165, 1.54) is 0 Å². The Morgan fingerprint density at radius 1 is 1.00 bits per heavy atom. The number of para-hydroxylation sites is 1. The van der Waals surface area contributed by atoms with Gasteiger partial charge < -0.3 is 15.6 Å². The molecule has 0 heterocycles. The maximum atomic E-state index is 6.97. The van der Waals surface area contributed by atoms with Crippen LogP contribution in [0.3, 0.4) is 0 Å². The lowest BCUT2D eigenvalue weighted by atomic mass is 9.88. The Hall–Kier alpha value is -0.770. The van der Waals surface area contributed by atoms with Crippen molar-refractivity contribution in [2.45, 2.75) is 58.6 Å². The van der Waals surface area contributed by atoms with Crippen molar-refractivity contribution in [2.75, 3.05) is 6.61 Å². The fourth-order valence-electron chi connectivity index (χ4n) is 2.70. The standard InChI is InChI=1S/C18H29ClO2.H3N/c1-6-20-17(21-16-10-8-7-9-11-16)18(19,12-14(2)3)13-15(4)5;/h7-11,14-15,17H,6,12-13H2,1-5H3;1H3. The van der Waals surface area contributed by atoms with E-state index in [4.69, 9.17) is 21.1 Å². The molecule has 0 spiro atoms. The zero-order valence-corrected chi connectivity index (χ0v) is 15.4. The Balaban J connectivity index is 0.00000441. The Morgan fingerprint density at radius 3 is 1.91 bits per heavy atom. The number of hydrogen-bond acceptors (Lipinski definition) is 3. The van der Waals surface area contributed by atoms with E-state index in [1.807, 2.05) is 37.3 Å². The lowest BCUT2D eigenvalue weighted by Gasteiger charge is -2.37. The topological polar surface area (TPSA) is 53.5 Å². The molecule has 0 radical (unpaired) electrons. The smallest absolute Gasteiger partial charge is 0.219 e. The molecule has 3 nitrogen and oxygen atoms in total. The van der Waals surface area contributed by atoms with Crippen LogP contribution in [0.4, 0.5) is 0 Å². The summed E-state index contributed by atoms with van der Waals surface area (Å²) in [4.78, 5) is -0.506. The highest BCUT2D eigenvalue weighted by atomic mass is 35.5. The average molecular weight is 330 g/mol. The first kappa shape index (κ1) is 21.2. The minimum atomic E-state index is -0.506. The molecule has 3 N–H and O–H groups in total. The van der Waals surface area contributed by atoms with Crippen LogP contribution in [0.15, 0.2) is 30.3 Å². The number of rotatable bonds is 9. The largest absolute Gasteiger partial charge is 0.463 e. The summed E-state index contributed by atoms with van der Waals surface area (Å²) in [5, 5.41) is 0. The molecule has 128 valence electrons. The predicted molar refractivity (Wildman–Crippen MR) is 95.0 cm³/mol. The Bertz CT molecular complexity index is 385. The first-order valence-corrected chi connectivity index (χ1v) is 8.27. The van der Waals surface area contributed by atoms with Crippen LogP contribution in [-0.2, 0) is 4.74 Å². The van der Waals surface area contributed by atoms with Crippen LogP contribution < -0.4 is 10.9 Å². The van der Waals surface area contributed by atoms with Crippen molar-refractivity contribution in [1.82, 2.24) is 6.15 Å². The monoisotopic (exact) mass is 329 g/mol. The molecular formula is C18H32ClNO2. The van der Waals surface area contributed by atoms with Gasteiger partial charge >= 0.3 is 0 Å². The van der Waals surface area contributed by atoms with E-state index in [1.54, 1.807) is 0 Å². The van der Waals surface area contributed by atoms with Crippen LogP contribution in [0.1, 0.15) is 47.5 Å². The van der Waals surface area contributed by atoms with Crippen molar-refractivity contribution in [3.05, 3.63) is 30.3 Å². The van der Waals surface area contributed by atoms with Gasteiger partial charge in [0.1, 0.15) is 10.6 Å². The van der Waals surface area contributed by atoms with Crippen molar-refractivity contribution in [3.63, 3.8) is 0 Å². The molecule has 0 saturated heterocycles. The quantitative estimate of drug-likeness (QED) is 0.469. The Kier molecular flexibility index (Phi) is 9.74. The molecular weight excluding hydrogens is 298 g/mol. The third kappa shape index (κ3) is 6.99. The molecule has 0 amide bonds. The maximum absolute atomic E-state index is 6.97. The van der Waals surface area contributed by atoms with E-state index in [0.717, 1.165) is 18.6 Å². The van der Waals surface area contributed by atoms with Gasteiger partial charge in [-0.2, -0.15) is 0 Å². The zero-order chi connectivity index (χ0) is 15.9. The van der Waals surface area contributed by atoms with Gasteiger partial charge in [-0.25, -0.2) is 0 Å². The number of ether oxygens (including phenoxy) is 2. The van der Waals surface area contributed by atoms with Crippen molar-refractivity contribution >= 4 is 11.6 Å². The molecule has 1 aromatic rings. The van der Waals surface area contributed by atoms with E-state index >= 15 is 0 Å². The van der Waals surface area contributed by atoms with Gasteiger partial charge in [0.2, 0.25) is 6.29 Å². The second kappa shape index (κ2) is 10.1. The summed E-state index contributed by atoms with van der Waals surface area (Å²) in [6, 6.07) is 9.76. The molecule has 0 aliphatic carbocycles. The Morgan fingerprint density at radius 2 is 1.50 bits per heavy atom. The molecule has 1 unspecified atom stereocenters. The molecule has 0 aromatic heterocycles. The van der Waals surface area contributed by atoms with Gasteiger partial charge in [-0.1, -0.05) is 45.9 Å². The number of alkyl halides is 1. The van der Waals surface area contributed by atoms with Gasteiger partial charge in [-0.05, 0) is 43.7 Å². The van der Waals surface area contributed by atoms with Gasteiger partial charge in [-0.15, -0.1) is 11.6 Å². The first-order valence-electron chi connectivity index (χ1n) is 7.89. The van der Waals surface area contributed by atoms with Crippen LogP contribution in [0.5, 0.6) is 5.75 Å². The fraction of sp³-hybridized carbons (Fsp3) is 0.667. The van der Waals surface area contributed by atoms with Crippen LogP contribution in [0.2, 0.25) is 0 Å².